The number of fused-ring (bicyclic) bond motifs is 2. The number of anilines is 5. The number of thiophene rings is 1. The van der Waals surface area contributed by atoms with Crippen LogP contribution < -0.4 is 20.3 Å². The van der Waals surface area contributed by atoms with Crippen LogP contribution in [0.15, 0.2) is 46.8 Å². The van der Waals surface area contributed by atoms with Gasteiger partial charge in [0.1, 0.15) is 10.7 Å². The van der Waals surface area contributed by atoms with Crippen molar-refractivity contribution in [2.45, 2.75) is 4.90 Å². The summed E-state index contributed by atoms with van der Waals surface area (Å²) in [7, 11) is -0.222. The molecule has 3 aromatic rings. The number of hydrogen-bond acceptors (Lipinski definition) is 8. The number of sulfonamides is 1. The van der Waals surface area contributed by atoms with Crippen molar-refractivity contribution in [3.05, 3.63) is 47.5 Å². The molecule has 0 fully saturated rings. The molecule has 1 aromatic carbocycles. The molecule has 144 valence electrons. The highest BCUT2D eigenvalue weighted by molar-refractivity contribution is 7.89. The molecule has 9 nitrogen and oxygen atoms in total. The third kappa shape index (κ3) is 3.09. The van der Waals surface area contributed by atoms with E-state index < -0.39 is 10.0 Å². The van der Waals surface area contributed by atoms with Gasteiger partial charge in [0.15, 0.2) is 5.82 Å². The molecule has 0 unspecified atom stereocenters. The van der Waals surface area contributed by atoms with E-state index in [1.807, 2.05) is 17.3 Å². The SMILES string of the molecule is CN1C(=O)c2ccsc2N(C)c2nc(Nc3ccc(S(N)(=O)=O)cc3)ncc21. The fourth-order valence-corrected chi connectivity index (χ4v) is 4.25. The zero-order valence-electron chi connectivity index (χ0n) is 14.9. The second-order valence-corrected chi connectivity index (χ2v) is 8.62. The number of nitrogens with zero attached hydrogens (tertiary/aromatic N) is 4. The summed E-state index contributed by atoms with van der Waals surface area (Å²) in [4.78, 5) is 24.9. The maximum atomic E-state index is 12.7. The first kappa shape index (κ1) is 18.3. The zero-order chi connectivity index (χ0) is 20.1. The number of aromatic nitrogens is 2. The van der Waals surface area contributed by atoms with Gasteiger partial charge < -0.3 is 15.1 Å². The average molecular weight is 416 g/mol. The predicted octanol–water partition coefficient (Wildman–Crippen LogP) is 2.29. The molecular weight excluding hydrogens is 400 g/mol. The lowest BCUT2D eigenvalue weighted by molar-refractivity contribution is 0.0994. The van der Waals surface area contributed by atoms with Crippen LogP contribution in [-0.2, 0) is 10.0 Å². The van der Waals surface area contributed by atoms with Gasteiger partial charge in [0, 0.05) is 19.8 Å². The van der Waals surface area contributed by atoms with Gasteiger partial charge in [-0.15, -0.1) is 11.3 Å². The zero-order valence-corrected chi connectivity index (χ0v) is 16.6. The minimum atomic E-state index is -3.75. The van der Waals surface area contributed by atoms with Gasteiger partial charge in [-0.1, -0.05) is 0 Å². The second-order valence-electron chi connectivity index (χ2n) is 6.16. The van der Waals surface area contributed by atoms with Crippen LogP contribution in [0.1, 0.15) is 10.4 Å². The molecule has 3 N–H and O–H groups in total. The summed E-state index contributed by atoms with van der Waals surface area (Å²) in [6, 6.07) is 7.74. The molecule has 0 radical (unpaired) electrons. The molecule has 0 bridgehead atoms. The summed E-state index contributed by atoms with van der Waals surface area (Å²) in [5.74, 6) is 0.773. The Labute approximate surface area is 165 Å². The van der Waals surface area contributed by atoms with Crippen LogP contribution in [0.5, 0.6) is 0 Å². The Bertz CT molecular complexity index is 1170. The van der Waals surface area contributed by atoms with E-state index in [4.69, 9.17) is 5.14 Å². The molecule has 0 spiro atoms. The fourth-order valence-electron chi connectivity index (χ4n) is 2.88. The molecule has 3 heterocycles. The van der Waals surface area contributed by atoms with E-state index in [9.17, 15) is 13.2 Å². The van der Waals surface area contributed by atoms with Crippen LogP contribution >= 0.6 is 11.3 Å². The van der Waals surface area contributed by atoms with Crippen LogP contribution in [0.2, 0.25) is 0 Å². The third-order valence-corrected chi connectivity index (χ3v) is 6.27. The van der Waals surface area contributed by atoms with Gasteiger partial charge in [0.25, 0.3) is 5.91 Å². The first-order valence-electron chi connectivity index (χ1n) is 8.12. The van der Waals surface area contributed by atoms with Crippen molar-refractivity contribution in [3.8, 4) is 0 Å². The largest absolute Gasteiger partial charge is 0.324 e. The van der Waals surface area contributed by atoms with Gasteiger partial charge in [0.05, 0.1) is 16.7 Å². The highest BCUT2D eigenvalue weighted by Crippen LogP contribution is 2.40. The van der Waals surface area contributed by atoms with E-state index in [0.717, 1.165) is 5.00 Å². The number of amides is 1. The summed E-state index contributed by atoms with van der Waals surface area (Å²) in [6.07, 6.45) is 1.58. The molecule has 0 atom stereocenters. The van der Waals surface area contributed by atoms with Crippen molar-refractivity contribution in [2.24, 2.45) is 5.14 Å². The Morgan fingerprint density at radius 2 is 1.82 bits per heavy atom. The molecule has 0 saturated heterocycles. The van der Waals surface area contributed by atoms with Crippen molar-refractivity contribution in [3.63, 3.8) is 0 Å². The van der Waals surface area contributed by atoms with E-state index in [2.05, 4.69) is 15.3 Å². The molecule has 0 aliphatic carbocycles. The first-order valence-corrected chi connectivity index (χ1v) is 10.5. The van der Waals surface area contributed by atoms with E-state index >= 15 is 0 Å². The summed E-state index contributed by atoms with van der Waals surface area (Å²) in [5.41, 5.74) is 1.80. The maximum Gasteiger partial charge on any atom is 0.261 e. The molecule has 11 heteroatoms. The summed E-state index contributed by atoms with van der Waals surface area (Å²) in [5, 5.41) is 10.8. The van der Waals surface area contributed by atoms with Crippen molar-refractivity contribution >= 4 is 55.4 Å². The molecular formula is C17H16N6O3S2. The van der Waals surface area contributed by atoms with Crippen LogP contribution in [0.3, 0.4) is 0 Å². The van der Waals surface area contributed by atoms with Crippen LogP contribution in [0, 0.1) is 0 Å². The number of nitrogens with two attached hydrogens (primary N) is 1. The monoisotopic (exact) mass is 416 g/mol. The molecule has 2 aromatic heterocycles. The average Bonchev–Trinajstić information content (AvgIpc) is 3.13. The summed E-state index contributed by atoms with van der Waals surface area (Å²) < 4.78 is 22.7. The van der Waals surface area contributed by atoms with Gasteiger partial charge in [-0.3, -0.25) is 4.79 Å². The van der Waals surface area contributed by atoms with Crippen molar-refractivity contribution in [1.29, 1.82) is 0 Å². The minimum Gasteiger partial charge on any atom is -0.324 e. The van der Waals surface area contributed by atoms with Gasteiger partial charge in [-0.2, -0.15) is 4.98 Å². The van der Waals surface area contributed by atoms with Gasteiger partial charge >= 0.3 is 0 Å². The number of rotatable bonds is 3. The Kier molecular flexibility index (Phi) is 4.29. The molecule has 1 aliphatic heterocycles. The lowest BCUT2D eigenvalue weighted by atomic mass is 10.3. The Morgan fingerprint density at radius 1 is 1.11 bits per heavy atom. The van der Waals surface area contributed by atoms with E-state index in [-0.39, 0.29) is 10.8 Å². The van der Waals surface area contributed by atoms with Crippen molar-refractivity contribution in [2.75, 3.05) is 29.2 Å². The Hall–Kier alpha value is -3.02. The molecule has 28 heavy (non-hydrogen) atoms. The summed E-state index contributed by atoms with van der Waals surface area (Å²) in [6.45, 7) is 0. The number of nitrogens with one attached hydrogen (secondary N) is 1. The predicted molar refractivity (Wildman–Crippen MR) is 108 cm³/mol. The van der Waals surface area contributed by atoms with Gasteiger partial charge in [0.2, 0.25) is 16.0 Å². The standard InChI is InChI=1S/C17H16N6O3S2/c1-22-13-9-19-17(20-10-3-5-11(6-4-10)28(18,25)26)21-14(13)23(2)16-12(15(22)24)7-8-27-16/h3-9H,1-2H3,(H2,18,25,26)(H,19,20,21). The van der Waals surface area contributed by atoms with E-state index in [0.29, 0.717) is 28.7 Å². The highest BCUT2D eigenvalue weighted by Gasteiger charge is 2.29. The van der Waals surface area contributed by atoms with Crippen LogP contribution in [-0.4, -0.2) is 38.4 Å². The Morgan fingerprint density at radius 3 is 2.50 bits per heavy atom. The van der Waals surface area contributed by atoms with Crippen molar-refractivity contribution < 1.29 is 13.2 Å². The minimum absolute atomic E-state index is 0.0194. The van der Waals surface area contributed by atoms with Crippen LogP contribution in [0.4, 0.5) is 28.1 Å². The third-order valence-electron chi connectivity index (χ3n) is 4.35. The lowest BCUT2D eigenvalue weighted by Crippen LogP contribution is -2.25. The number of hydrogen-bond donors (Lipinski definition) is 2. The maximum absolute atomic E-state index is 12.7. The van der Waals surface area contributed by atoms with E-state index in [1.54, 1.807) is 31.4 Å². The smallest absolute Gasteiger partial charge is 0.261 e. The fraction of sp³-hybridized carbons (Fsp3) is 0.118. The molecule has 0 saturated carbocycles. The molecule has 1 aliphatic rings. The number of carbonyl (C=O) groups is 1. The van der Waals surface area contributed by atoms with Gasteiger partial charge in [-0.05, 0) is 35.7 Å². The summed E-state index contributed by atoms with van der Waals surface area (Å²) >= 11 is 1.46. The molecule has 1 amide bonds. The van der Waals surface area contributed by atoms with E-state index in [1.165, 1.54) is 28.4 Å². The van der Waals surface area contributed by atoms with Gasteiger partial charge in [-0.25, -0.2) is 18.5 Å². The molecule has 4 rings (SSSR count). The number of carbonyl (C=O) groups excluding carboxylic acids is 1. The normalized spacial score (nSPS) is 13.8. The number of benzene rings is 1. The second kappa shape index (κ2) is 6.55. The topological polar surface area (TPSA) is 122 Å². The van der Waals surface area contributed by atoms with Crippen molar-refractivity contribution in [1.82, 2.24) is 9.97 Å². The first-order chi connectivity index (χ1) is 13.3. The van der Waals surface area contributed by atoms with Crippen LogP contribution in [0.25, 0.3) is 0 Å². The Balaban J connectivity index is 1.70. The lowest BCUT2D eigenvalue weighted by Gasteiger charge is -2.20. The highest BCUT2D eigenvalue weighted by atomic mass is 32.2. The quantitative estimate of drug-likeness (QED) is 0.672. The number of primary sulfonamides is 1.